The Morgan fingerprint density at radius 3 is 2.10 bits per heavy atom. The molecule has 0 fully saturated rings. The molecule has 0 saturated heterocycles. The molecule has 0 saturated carbocycles. The van der Waals surface area contributed by atoms with Crippen molar-refractivity contribution in [3.05, 3.63) is 47.7 Å². The summed E-state index contributed by atoms with van der Waals surface area (Å²) >= 11 is 0. The van der Waals surface area contributed by atoms with E-state index in [0.29, 0.717) is 12.1 Å². The molecule has 21 heavy (non-hydrogen) atoms. The van der Waals surface area contributed by atoms with Crippen LogP contribution in [0.1, 0.15) is 11.3 Å². The molecule has 0 atom stereocenters. The molecule has 1 aromatic heterocycles. The number of alkyl halides is 6. The summed E-state index contributed by atoms with van der Waals surface area (Å²) in [5.41, 5.74) is 2.70. The molecule has 2 aromatic rings. The van der Waals surface area contributed by atoms with Crippen LogP contribution in [0.3, 0.4) is 0 Å². The molecule has 0 unspecified atom stereocenters. The molecule has 0 spiro atoms. The summed E-state index contributed by atoms with van der Waals surface area (Å²) in [6, 6.07) is 5.46. The fourth-order valence-electron chi connectivity index (χ4n) is 1.70. The van der Waals surface area contributed by atoms with Crippen LogP contribution >= 0.6 is 0 Å². The van der Waals surface area contributed by atoms with Crippen molar-refractivity contribution < 1.29 is 26.3 Å². The highest BCUT2D eigenvalue weighted by Gasteiger charge is 2.34. The van der Waals surface area contributed by atoms with E-state index in [1.807, 2.05) is 0 Å². The van der Waals surface area contributed by atoms with Crippen LogP contribution in [0.25, 0.3) is 11.3 Å². The van der Waals surface area contributed by atoms with Crippen molar-refractivity contribution in [1.82, 2.24) is 4.98 Å². The highest BCUT2D eigenvalue weighted by Crippen LogP contribution is 2.35. The van der Waals surface area contributed by atoms with Gasteiger partial charge in [0.2, 0.25) is 0 Å². The predicted octanol–water partition coefficient (Wildman–Crippen LogP) is 4.37. The van der Waals surface area contributed by atoms with Gasteiger partial charge in [0.25, 0.3) is 0 Å². The highest BCUT2D eigenvalue weighted by molar-refractivity contribution is 5.73. The van der Waals surface area contributed by atoms with Gasteiger partial charge < -0.3 is 5.73 Å². The molecule has 2 rings (SSSR count). The number of aromatic nitrogens is 1. The van der Waals surface area contributed by atoms with E-state index in [0.717, 1.165) is 18.2 Å². The van der Waals surface area contributed by atoms with Gasteiger partial charge in [0, 0.05) is 5.56 Å². The van der Waals surface area contributed by atoms with Crippen molar-refractivity contribution in [2.75, 3.05) is 5.73 Å². The topological polar surface area (TPSA) is 38.9 Å². The van der Waals surface area contributed by atoms with Gasteiger partial charge in [-0.25, -0.2) is 4.98 Å². The third kappa shape index (κ3) is 3.26. The van der Waals surface area contributed by atoms with Crippen LogP contribution in [-0.4, -0.2) is 4.98 Å². The Bertz CT molecular complexity index is 660. The van der Waals surface area contributed by atoms with Crippen LogP contribution in [0.5, 0.6) is 0 Å². The van der Waals surface area contributed by atoms with Gasteiger partial charge in [0.15, 0.2) is 0 Å². The van der Waals surface area contributed by atoms with E-state index in [1.54, 1.807) is 0 Å². The summed E-state index contributed by atoms with van der Waals surface area (Å²) in [5, 5.41) is 0. The smallest absolute Gasteiger partial charge is 0.397 e. The molecule has 0 radical (unpaired) electrons. The lowest BCUT2D eigenvalue weighted by Crippen LogP contribution is -2.10. The van der Waals surface area contributed by atoms with Gasteiger partial charge in [0.1, 0.15) is 5.69 Å². The Balaban J connectivity index is 2.57. The van der Waals surface area contributed by atoms with Gasteiger partial charge in [-0.3, -0.25) is 0 Å². The molecule has 1 heterocycles. The minimum atomic E-state index is -4.70. The van der Waals surface area contributed by atoms with Crippen LogP contribution in [0.2, 0.25) is 0 Å². The zero-order valence-corrected chi connectivity index (χ0v) is 10.3. The highest BCUT2D eigenvalue weighted by atomic mass is 19.4. The lowest BCUT2D eigenvalue weighted by Gasteiger charge is -2.12. The summed E-state index contributed by atoms with van der Waals surface area (Å²) in [5.74, 6) is 0. The first kappa shape index (κ1) is 15.1. The van der Waals surface area contributed by atoms with E-state index in [9.17, 15) is 26.3 Å². The number of anilines is 1. The second kappa shape index (κ2) is 4.94. The van der Waals surface area contributed by atoms with Gasteiger partial charge >= 0.3 is 12.4 Å². The average molecular weight is 306 g/mol. The summed E-state index contributed by atoms with van der Waals surface area (Å²) in [7, 11) is 0. The largest absolute Gasteiger partial charge is 0.433 e. The quantitative estimate of drug-likeness (QED) is 0.795. The van der Waals surface area contributed by atoms with E-state index in [2.05, 4.69) is 4.98 Å². The molecule has 0 aliphatic rings. The number of nitrogens with zero attached hydrogens (tertiary/aromatic N) is 1. The Morgan fingerprint density at radius 1 is 0.857 bits per heavy atom. The predicted molar refractivity (Wildman–Crippen MR) is 64.1 cm³/mol. The van der Waals surface area contributed by atoms with Crippen molar-refractivity contribution in [3.63, 3.8) is 0 Å². The zero-order chi connectivity index (χ0) is 15.8. The summed E-state index contributed by atoms with van der Waals surface area (Å²) in [4.78, 5) is 3.32. The van der Waals surface area contributed by atoms with Crippen LogP contribution in [0.15, 0.2) is 36.4 Å². The molecule has 0 aliphatic heterocycles. The maximum atomic E-state index is 12.6. The lowest BCUT2D eigenvalue weighted by atomic mass is 10.1. The molecular formula is C13H8F6N2. The zero-order valence-electron chi connectivity index (χ0n) is 10.3. The van der Waals surface area contributed by atoms with Gasteiger partial charge in [-0.1, -0.05) is 12.1 Å². The van der Waals surface area contributed by atoms with Crippen LogP contribution in [0.4, 0.5) is 32.0 Å². The number of pyridine rings is 1. The first-order valence-electron chi connectivity index (χ1n) is 5.60. The Kier molecular flexibility index (Phi) is 3.56. The molecule has 1 aromatic carbocycles. The second-order valence-electron chi connectivity index (χ2n) is 4.21. The number of benzene rings is 1. The third-order valence-electron chi connectivity index (χ3n) is 2.68. The average Bonchev–Trinajstić information content (AvgIpc) is 2.37. The summed E-state index contributed by atoms with van der Waals surface area (Å²) in [6.07, 6.45) is -9.31. The fraction of sp³-hybridized carbons (Fsp3) is 0.154. The van der Waals surface area contributed by atoms with Crippen molar-refractivity contribution in [2.24, 2.45) is 0 Å². The first-order valence-corrected chi connectivity index (χ1v) is 5.60. The molecule has 2 N–H and O–H groups in total. The SMILES string of the molecule is Nc1ccc(C(F)(F)F)nc1-c1cccc(C(F)(F)F)c1. The normalized spacial score (nSPS) is 12.5. The van der Waals surface area contributed by atoms with Crippen molar-refractivity contribution in [2.45, 2.75) is 12.4 Å². The van der Waals surface area contributed by atoms with E-state index in [1.165, 1.54) is 6.07 Å². The Hall–Kier alpha value is -2.25. The van der Waals surface area contributed by atoms with Gasteiger partial charge in [-0.15, -0.1) is 0 Å². The number of nitrogen functional groups attached to an aromatic ring is 1. The maximum absolute atomic E-state index is 12.6. The minimum Gasteiger partial charge on any atom is -0.397 e. The van der Waals surface area contributed by atoms with Crippen molar-refractivity contribution in [3.8, 4) is 11.3 Å². The maximum Gasteiger partial charge on any atom is 0.433 e. The number of hydrogen-bond donors (Lipinski definition) is 1. The van der Waals surface area contributed by atoms with Gasteiger partial charge in [0.05, 0.1) is 16.9 Å². The fourth-order valence-corrected chi connectivity index (χ4v) is 1.70. The van der Waals surface area contributed by atoms with Gasteiger partial charge in [-0.2, -0.15) is 26.3 Å². The van der Waals surface area contributed by atoms with E-state index >= 15 is 0 Å². The summed E-state index contributed by atoms with van der Waals surface area (Å²) < 4.78 is 75.7. The van der Waals surface area contributed by atoms with E-state index in [-0.39, 0.29) is 16.9 Å². The Labute approximate surface area is 115 Å². The third-order valence-corrected chi connectivity index (χ3v) is 2.68. The number of rotatable bonds is 1. The van der Waals surface area contributed by atoms with Crippen molar-refractivity contribution in [1.29, 1.82) is 0 Å². The molecule has 0 amide bonds. The van der Waals surface area contributed by atoms with Crippen molar-refractivity contribution >= 4 is 5.69 Å². The lowest BCUT2D eigenvalue weighted by molar-refractivity contribution is -0.141. The van der Waals surface area contributed by atoms with E-state index in [4.69, 9.17) is 5.73 Å². The molecule has 0 aliphatic carbocycles. The standard InChI is InChI=1S/C13H8F6N2/c14-12(15,16)8-3-1-2-7(6-8)11-9(20)4-5-10(21-11)13(17,18)19/h1-6H,20H2. The molecule has 112 valence electrons. The minimum absolute atomic E-state index is 0.131. The van der Waals surface area contributed by atoms with E-state index < -0.39 is 23.6 Å². The molecule has 2 nitrogen and oxygen atoms in total. The first-order chi connectivity index (χ1) is 9.59. The van der Waals surface area contributed by atoms with Crippen LogP contribution in [-0.2, 0) is 12.4 Å². The molecule has 0 bridgehead atoms. The monoisotopic (exact) mass is 306 g/mol. The number of nitrogens with two attached hydrogens (primary N) is 1. The molecule has 8 heteroatoms. The summed E-state index contributed by atoms with van der Waals surface area (Å²) in [6.45, 7) is 0. The van der Waals surface area contributed by atoms with Crippen LogP contribution < -0.4 is 5.73 Å². The molecular weight excluding hydrogens is 298 g/mol. The second-order valence-corrected chi connectivity index (χ2v) is 4.21. The van der Waals surface area contributed by atoms with Gasteiger partial charge in [-0.05, 0) is 24.3 Å². The number of hydrogen-bond acceptors (Lipinski definition) is 2. The Morgan fingerprint density at radius 2 is 1.52 bits per heavy atom. The van der Waals surface area contributed by atoms with Crippen LogP contribution in [0, 0.1) is 0 Å². The number of halogens is 6.